The number of aromatic nitrogens is 4. The fraction of sp³-hybridized carbons (Fsp3) is 0.389. The lowest BCUT2D eigenvalue weighted by Gasteiger charge is -2.12. The first kappa shape index (κ1) is 18.9. The number of rotatable bonds is 6. The molecule has 1 aromatic carbocycles. The molecule has 0 atom stereocenters. The van der Waals surface area contributed by atoms with E-state index in [1.807, 2.05) is 24.6 Å². The lowest BCUT2D eigenvalue weighted by atomic mass is 10.3. The van der Waals surface area contributed by atoms with Crippen LogP contribution in [0.4, 0.5) is 13.2 Å². The molecule has 3 rings (SSSR count). The molecular formula is C18H20F3N5O. The topological polar surface area (TPSA) is 64.7 Å². The van der Waals surface area contributed by atoms with Gasteiger partial charge in [-0.15, -0.1) is 0 Å². The molecule has 0 aliphatic rings. The maximum absolute atomic E-state index is 13.2. The van der Waals surface area contributed by atoms with E-state index < -0.39 is 24.5 Å². The number of hydrogen-bond acceptors (Lipinski definition) is 3. The third-order valence-electron chi connectivity index (χ3n) is 4.18. The SMILES string of the molecule is Cc1cc(C)n(CCCNC(=O)Cn2c(C(F)(F)F)nc3ccccc32)n1. The highest BCUT2D eigenvalue weighted by atomic mass is 19.4. The zero-order valence-electron chi connectivity index (χ0n) is 15.0. The van der Waals surface area contributed by atoms with E-state index in [-0.39, 0.29) is 11.0 Å². The van der Waals surface area contributed by atoms with Crippen molar-refractivity contribution in [1.82, 2.24) is 24.6 Å². The molecular weight excluding hydrogens is 359 g/mol. The summed E-state index contributed by atoms with van der Waals surface area (Å²) in [5.74, 6) is -1.56. The maximum atomic E-state index is 13.2. The molecule has 2 heterocycles. The van der Waals surface area contributed by atoms with Crippen LogP contribution in [-0.4, -0.2) is 31.8 Å². The van der Waals surface area contributed by atoms with Crippen LogP contribution in [0.1, 0.15) is 23.6 Å². The van der Waals surface area contributed by atoms with Crippen LogP contribution in [0.2, 0.25) is 0 Å². The minimum Gasteiger partial charge on any atom is -0.354 e. The zero-order valence-corrected chi connectivity index (χ0v) is 15.0. The zero-order chi connectivity index (χ0) is 19.6. The van der Waals surface area contributed by atoms with Crippen molar-refractivity contribution in [3.05, 3.63) is 47.5 Å². The van der Waals surface area contributed by atoms with Crippen molar-refractivity contribution in [2.24, 2.45) is 0 Å². The van der Waals surface area contributed by atoms with Crippen LogP contribution >= 0.6 is 0 Å². The molecule has 2 aromatic heterocycles. The summed E-state index contributed by atoms with van der Waals surface area (Å²) < 4.78 is 42.5. The summed E-state index contributed by atoms with van der Waals surface area (Å²) in [7, 11) is 0. The van der Waals surface area contributed by atoms with E-state index in [0.717, 1.165) is 16.0 Å². The Balaban J connectivity index is 1.63. The molecule has 6 nitrogen and oxygen atoms in total. The number of fused-ring (bicyclic) bond motifs is 1. The second kappa shape index (κ2) is 7.42. The molecule has 0 spiro atoms. The highest BCUT2D eigenvalue weighted by Crippen LogP contribution is 2.31. The van der Waals surface area contributed by atoms with Crippen molar-refractivity contribution in [2.45, 2.75) is 39.5 Å². The molecule has 0 saturated carbocycles. The van der Waals surface area contributed by atoms with Gasteiger partial charge in [0.1, 0.15) is 6.54 Å². The van der Waals surface area contributed by atoms with Gasteiger partial charge in [0.25, 0.3) is 0 Å². The molecule has 0 saturated heterocycles. The standard InChI is InChI=1S/C18H20F3N5O/c1-12-10-13(2)26(24-12)9-5-8-22-16(27)11-25-15-7-4-3-6-14(15)23-17(25)18(19,20)21/h3-4,6-7,10H,5,8-9,11H2,1-2H3,(H,22,27). The predicted molar refractivity (Wildman–Crippen MR) is 94.1 cm³/mol. The molecule has 0 aliphatic carbocycles. The molecule has 144 valence electrons. The van der Waals surface area contributed by atoms with Crippen molar-refractivity contribution in [3.8, 4) is 0 Å². The smallest absolute Gasteiger partial charge is 0.354 e. The molecule has 1 N–H and O–H groups in total. The third-order valence-corrected chi connectivity index (χ3v) is 4.18. The number of para-hydroxylation sites is 2. The Morgan fingerprint density at radius 3 is 2.63 bits per heavy atom. The Labute approximate surface area is 154 Å². The number of aryl methyl sites for hydroxylation is 3. The van der Waals surface area contributed by atoms with E-state index in [9.17, 15) is 18.0 Å². The number of amides is 1. The monoisotopic (exact) mass is 379 g/mol. The number of halogens is 3. The summed E-state index contributed by atoms with van der Waals surface area (Å²) in [5, 5.41) is 6.99. The van der Waals surface area contributed by atoms with Crippen LogP contribution in [-0.2, 0) is 24.1 Å². The van der Waals surface area contributed by atoms with Crippen LogP contribution in [0.25, 0.3) is 11.0 Å². The first-order valence-electron chi connectivity index (χ1n) is 8.56. The van der Waals surface area contributed by atoms with Gasteiger partial charge in [0.2, 0.25) is 11.7 Å². The van der Waals surface area contributed by atoms with E-state index in [2.05, 4.69) is 15.4 Å². The Kier molecular flexibility index (Phi) is 5.20. The normalized spacial score (nSPS) is 11.9. The second-order valence-corrected chi connectivity index (χ2v) is 6.36. The van der Waals surface area contributed by atoms with Crippen molar-refractivity contribution in [1.29, 1.82) is 0 Å². The first-order valence-corrected chi connectivity index (χ1v) is 8.56. The number of alkyl halides is 3. The number of hydrogen-bond donors (Lipinski definition) is 1. The molecule has 1 amide bonds. The summed E-state index contributed by atoms with van der Waals surface area (Å²) >= 11 is 0. The van der Waals surface area contributed by atoms with Gasteiger partial charge in [0, 0.05) is 18.8 Å². The Morgan fingerprint density at radius 1 is 1.22 bits per heavy atom. The summed E-state index contributed by atoms with van der Waals surface area (Å²) in [6, 6.07) is 8.20. The van der Waals surface area contributed by atoms with Gasteiger partial charge in [-0.3, -0.25) is 9.48 Å². The number of nitrogens with one attached hydrogen (secondary N) is 1. The van der Waals surface area contributed by atoms with Gasteiger partial charge < -0.3 is 9.88 Å². The van der Waals surface area contributed by atoms with Crippen LogP contribution in [0, 0.1) is 13.8 Å². The number of carbonyl (C=O) groups excluding carboxylic acids is 1. The van der Waals surface area contributed by atoms with Gasteiger partial charge in [-0.2, -0.15) is 18.3 Å². The van der Waals surface area contributed by atoms with Gasteiger partial charge in [-0.05, 0) is 38.5 Å². The minimum absolute atomic E-state index is 0.210. The summed E-state index contributed by atoms with van der Waals surface area (Å²) in [5.41, 5.74) is 2.44. The van der Waals surface area contributed by atoms with Crippen molar-refractivity contribution in [2.75, 3.05) is 6.54 Å². The number of carbonyl (C=O) groups is 1. The maximum Gasteiger partial charge on any atom is 0.449 e. The van der Waals surface area contributed by atoms with Gasteiger partial charge in [0.15, 0.2) is 0 Å². The quantitative estimate of drug-likeness (QED) is 0.670. The average molecular weight is 379 g/mol. The number of nitrogens with zero attached hydrogens (tertiary/aromatic N) is 4. The third kappa shape index (κ3) is 4.29. The van der Waals surface area contributed by atoms with Crippen LogP contribution in [0.5, 0.6) is 0 Å². The fourth-order valence-electron chi connectivity index (χ4n) is 3.01. The number of imidazole rings is 1. The lowest BCUT2D eigenvalue weighted by molar-refractivity contribution is -0.147. The Morgan fingerprint density at radius 2 is 1.96 bits per heavy atom. The van der Waals surface area contributed by atoms with Crippen LogP contribution in [0.15, 0.2) is 30.3 Å². The van der Waals surface area contributed by atoms with E-state index >= 15 is 0 Å². The highest BCUT2D eigenvalue weighted by Gasteiger charge is 2.37. The van der Waals surface area contributed by atoms with Gasteiger partial charge in [-0.1, -0.05) is 12.1 Å². The lowest BCUT2D eigenvalue weighted by Crippen LogP contribution is -2.30. The largest absolute Gasteiger partial charge is 0.449 e. The average Bonchev–Trinajstić information content (AvgIpc) is 3.11. The molecule has 0 radical (unpaired) electrons. The van der Waals surface area contributed by atoms with Crippen LogP contribution in [0.3, 0.4) is 0 Å². The molecule has 0 aliphatic heterocycles. The molecule has 9 heteroatoms. The van der Waals surface area contributed by atoms with E-state index in [1.165, 1.54) is 12.1 Å². The summed E-state index contributed by atoms with van der Waals surface area (Å²) in [6.45, 7) is 4.39. The second-order valence-electron chi connectivity index (χ2n) is 6.36. The predicted octanol–water partition coefficient (Wildman–Crippen LogP) is 3.07. The fourth-order valence-corrected chi connectivity index (χ4v) is 3.01. The molecule has 27 heavy (non-hydrogen) atoms. The highest BCUT2D eigenvalue weighted by molar-refractivity contribution is 5.81. The molecule has 0 fully saturated rings. The van der Waals surface area contributed by atoms with Gasteiger partial charge in [-0.25, -0.2) is 4.98 Å². The Bertz CT molecular complexity index is 958. The minimum atomic E-state index is -4.63. The van der Waals surface area contributed by atoms with Crippen molar-refractivity contribution >= 4 is 16.9 Å². The van der Waals surface area contributed by atoms with Crippen molar-refractivity contribution < 1.29 is 18.0 Å². The molecule has 3 aromatic rings. The van der Waals surface area contributed by atoms with Gasteiger partial charge in [0.05, 0.1) is 16.7 Å². The Hall–Kier alpha value is -2.84. The van der Waals surface area contributed by atoms with Gasteiger partial charge >= 0.3 is 6.18 Å². The van der Waals surface area contributed by atoms with E-state index in [1.54, 1.807) is 12.1 Å². The van der Waals surface area contributed by atoms with E-state index in [4.69, 9.17) is 0 Å². The van der Waals surface area contributed by atoms with Crippen LogP contribution < -0.4 is 5.32 Å². The number of benzene rings is 1. The molecule has 0 unspecified atom stereocenters. The summed E-state index contributed by atoms with van der Waals surface area (Å²) in [6.07, 6.45) is -4.00. The molecule has 0 bridgehead atoms. The van der Waals surface area contributed by atoms with Crippen molar-refractivity contribution in [3.63, 3.8) is 0 Å². The van der Waals surface area contributed by atoms with E-state index in [0.29, 0.717) is 19.5 Å². The first-order chi connectivity index (χ1) is 12.8. The summed E-state index contributed by atoms with van der Waals surface area (Å²) in [4.78, 5) is 15.8.